The van der Waals surface area contributed by atoms with E-state index in [4.69, 9.17) is 21.1 Å². The summed E-state index contributed by atoms with van der Waals surface area (Å²) in [4.78, 5) is 27.6. The van der Waals surface area contributed by atoms with E-state index in [0.717, 1.165) is 14.7 Å². The van der Waals surface area contributed by atoms with Gasteiger partial charge in [0.1, 0.15) is 6.61 Å². The summed E-state index contributed by atoms with van der Waals surface area (Å²) in [5.74, 6) is 0.836. The summed E-state index contributed by atoms with van der Waals surface area (Å²) in [5.41, 5.74) is 0.806. The zero-order valence-electron chi connectivity index (χ0n) is 17.5. The lowest BCUT2D eigenvalue weighted by Crippen LogP contribution is -2.32. The highest BCUT2D eigenvalue weighted by molar-refractivity contribution is 9.10. The first-order valence-corrected chi connectivity index (χ1v) is 11.3. The molecule has 0 saturated heterocycles. The van der Waals surface area contributed by atoms with Crippen LogP contribution in [0.25, 0.3) is 10.9 Å². The number of fused-ring (bicyclic) bond motifs is 1. The van der Waals surface area contributed by atoms with Gasteiger partial charge in [-0.3, -0.25) is 4.79 Å². The van der Waals surface area contributed by atoms with Crippen molar-refractivity contribution < 1.29 is 9.47 Å². The van der Waals surface area contributed by atoms with Gasteiger partial charge in [0, 0.05) is 4.47 Å². The van der Waals surface area contributed by atoms with Gasteiger partial charge in [-0.15, -0.1) is 4.68 Å². The number of benzene rings is 3. The molecule has 0 aliphatic rings. The SMILES string of the molecule is CCOc1cc(C=Nn2c(=O)[nH]c3ccccc3c2=O)cc(Cl)c1OCc1ccc(Br)cc1. The highest BCUT2D eigenvalue weighted by Crippen LogP contribution is 2.37. The minimum absolute atomic E-state index is 0.308. The normalized spacial score (nSPS) is 11.2. The van der Waals surface area contributed by atoms with Crippen LogP contribution in [0.1, 0.15) is 18.1 Å². The van der Waals surface area contributed by atoms with Crippen molar-refractivity contribution in [2.45, 2.75) is 13.5 Å². The van der Waals surface area contributed by atoms with Crippen LogP contribution in [0.3, 0.4) is 0 Å². The summed E-state index contributed by atoms with van der Waals surface area (Å²) in [6.07, 6.45) is 1.37. The first kappa shape index (κ1) is 22.8. The third kappa shape index (κ3) is 5.18. The Kier molecular flexibility index (Phi) is 6.96. The van der Waals surface area contributed by atoms with Crippen molar-refractivity contribution in [1.82, 2.24) is 9.66 Å². The lowest BCUT2D eigenvalue weighted by Gasteiger charge is -2.14. The van der Waals surface area contributed by atoms with Crippen molar-refractivity contribution >= 4 is 44.6 Å². The van der Waals surface area contributed by atoms with Gasteiger partial charge in [-0.1, -0.05) is 51.8 Å². The second-order valence-electron chi connectivity index (χ2n) is 7.02. The largest absolute Gasteiger partial charge is 0.490 e. The number of aromatic nitrogens is 2. The minimum atomic E-state index is -0.638. The molecular formula is C24H19BrClN3O4. The fourth-order valence-corrected chi connectivity index (χ4v) is 3.72. The highest BCUT2D eigenvalue weighted by Gasteiger charge is 2.13. The Labute approximate surface area is 202 Å². The van der Waals surface area contributed by atoms with E-state index in [1.807, 2.05) is 31.2 Å². The molecule has 0 aliphatic carbocycles. The van der Waals surface area contributed by atoms with Gasteiger partial charge in [0.05, 0.1) is 28.7 Å². The third-order valence-corrected chi connectivity index (χ3v) is 5.54. The van der Waals surface area contributed by atoms with Crippen molar-refractivity contribution in [2.24, 2.45) is 5.10 Å². The maximum atomic E-state index is 12.7. The van der Waals surface area contributed by atoms with E-state index in [9.17, 15) is 9.59 Å². The van der Waals surface area contributed by atoms with E-state index >= 15 is 0 Å². The van der Waals surface area contributed by atoms with Crippen LogP contribution in [0.5, 0.6) is 11.5 Å². The smallest absolute Gasteiger partial charge is 0.349 e. The third-order valence-electron chi connectivity index (χ3n) is 4.73. The average Bonchev–Trinajstić information content (AvgIpc) is 2.80. The number of nitrogens with zero attached hydrogens (tertiary/aromatic N) is 2. The molecule has 0 atom stereocenters. The summed E-state index contributed by atoms with van der Waals surface area (Å²) in [7, 11) is 0. The second kappa shape index (κ2) is 10.1. The van der Waals surface area contributed by atoms with Crippen molar-refractivity contribution in [3.8, 4) is 11.5 Å². The first-order valence-electron chi connectivity index (χ1n) is 10.1. The summed E-state index contributed by atoms with van der Waals surface area (Å²) >= 11 is 9.88. The van der Waals surface area contributed by atoms with Gasteiger partial charge in [0.15, 0.2) is 11.5 Å². The van der Waals surface area contributed by atoms with Crippen LogP contribution in [0, 0.1) is 0 Å². The Hall–Kier alpha value is -3.36. The molecule has 0 aliphatic heterocycles. The maximum absolute atomic E-state index is 12.7. The van der Waals surface area contributed by atoms with Gasteiger partial charge >= 0.3 is 5.69 Å². The van der Waals surface area contributed by atoms with E-state index in [-0.39, 0.29) is 0 Å². The number of aromatic amines is 1. The van der Waals surface area contributed by atoms with Crippen LogP contribution in [0.4, 0.5) is 0 Å². The van der Waals surface area contributed by atoms with E-state index in [2.05, 4.69) is 26.0 Å². The monoisotopic (exact) mass is 527 g/mol. The molecule has 3 aromatic carbocycles. The second-order valence-corrected chi connectivity index (χ2v) is 8.34. The molecule has 0 spiro atoms. The van der Waals surface area contributed by atoms with Crippen molar-refractivity contribution in [2.75, 3.05) is 6.61 Å². The first-order chi connectivity index (χ1) is 16.0. The highest BCUT2D eigenvalue weighted by atomic mass is 79.9. The van der Waals surface area contributed by atoms with E-state index in [1.54, 1.807) is 36.4 Å². The van der Waals surface area contributed by atoms with Crippen LogP contribution in [-0.4, -0.2) is 22.5 Å². The number of hydrogen-bond donors (Lipinski definition) is 1. The fraction of sp³-hybridized carbons (Fsp3) is 0.125. The van der Waals surface area contributed by atoms with Gasteiger partial charge in [-0.2, -0.15) is 5.10 Å². The number of rotatable bonds is 7. The molecule has 9 heteroatoms. The Morgan fingerprint density at radius 1 is 1.09 bits per heavy atom. The summed E-state index contributed by atoms with van der Waals surface area (Å²) in [6, 6.07) is 17.8. The molecule has 0 saturated carbocycles. The number of halogens is 2. The standard InChI is InChI=1S/C24H19BrClN3O4/c1-2-32-21-12-16(11-19(26)22(21)33-14-15-7-9-17(25)10-8-15)13-27-29-23(30)18-5-3-4-6-20(18)28-24(29)31/h3-13H,2,14H2,1H3,(H,28,31). The van der Waals surface area contributed by atoms with Crippen molar-refractivity contribution in [1.29, 1.82) is 0 Å². The molecule has 1 N–H and O–H groups in total. The van der Waals surface area contributed by atoms with E-state index in [0.29, 0.717) is 46.2 Å². The maximum Gasteiger partial charge on any atom is 0.349 e. The molecule has 1 aromatic heterocycles. The number of para-hydroxylation sites is 1. The fourth-order valence-electron chi connectivity index (χ4n) is 3.18. The Morgan fingerprint density at radius 3 is 2.61 bits per heavy atom. The van der Waals surface area contributed by atoms with Crippen LogP contribution in [0.15, 0.2) is 79.8 Å². The van der Waals surface area contributed by atoms with Gasteiger partial charge < -0.3 is 14.5 Å². The molecule has 168 valence electrons. The predicted molar refractivity (Wildman–Crippen MR) is 133 cm³/mol. The topological polar surface area (TPSA) is 85.7 Å². The van der Waals surface area contributed by atoms with Gasteiger partial charge in [-0.25, -0.2) is 4.79 Å². The van der Waals surface area contributed by atoms with E-state index in [1.165, 1.54) is 6.21 Å². The van der Waals surface area contributed by atoms with E-state index < -0.39 is 11.2 Å². The molecule has 1 heterocycles. The molecule has 33 heavy (non-hydrogen) atoms. The zero-order chi connectivity index (χ0) is 23.4. The number of hydrogen-bond acceptors (Lipinski definition) is 5. The van der Waals surface area contributed by atoms with Crippen LogP contribution >= 0.6 is 27.5 Å². The van der Waals surface area contributed by atoms with Gasteiger partial charge in [0.2, 0.25) is 0 Å². The van der Waals surface area contributed by atoms with Gasteiger partial charge in [-0.05, 0) is 54.4 Å². The molecule has 4 aromatic rings. The molecular weight excluding hydrogens is 510 g/mol. The van der Waals surface area contributed by atoms with Crippen LogP contribution < -0.4 is 20.7 Å². The number of nitrogens with one attached hydrogen (secondary N) is 1. The quantitative estimate of drug-likeness (QED) is 0.343. The number of ether oxygens (including phenoxy) is 2. The lowest BCUT2D eigenvalue weighted by molar-refractivity contribution is 0.269. The summed E-state index contributed by atoms with van der Waals surface area (Å²) in [6.45, 7) is 2.55. The summed E-state index contributed by atoms with van der Waals surface area (Å²) < 4.78 is 13.4. The molecule has 4 rings (SSSR count). The molecule has 0 amide bonds. The van der Waals surface area contributed by atoms with Crippen molar-refractivity contribution in [3.05, 3.63) is 102 Å². The Morgan fingerprint density at radius 2 is 1.85 bits per heavy atom. The number of H-pyrrole nitrogens is 1. The van der Waals surface area contributed by atoms with Crippen LogP contribution in [0.2, 0.25) is 5.02 Å². The molecule has 0 radical (unpaired) electrons. The summed E-state index contributed by atoms with van der Waals surface area (Å²) in [5, 5.41) is 4.75. The Bertz CT molecular complexity index is 1450. The minimum Gasteiger partial charge on any atom is -0.490 e. The molecule has 7 nitrogen and oxygen atoms in total. The predicted octanol–water partition coefficient (Wildman–Crippen LogP) is 4.97. The van der Waals surface area contributed by atoms with Crippen LogP contribution in [-0.2, 0) is 6.61 Å². The Balaban J connectivity index is 1.64. The van der Waals surface area contributed by atoms with Crippen molar-refractivity contribution in [3.63, 3.8) is 0 Å². The molecule has 0 fully saturated rings. The molecule has 0 unspecified atom stereocenters. The molecule has 0 bridgehead atoms. The lowest BCUT2D eigenvalue weighted by atomic mass is 10.2. The zero-order valence-corrected chi connectivity index (χ0v) is 19.9. The van der Waals surface area contributed by atoms with Gasteiger partial charge in [0.25, 0.3) is 5.56 Å². The average molecular weight is 529 g/mol.